The van der Waals surface area contributed by atoms with Gasteiger partial charge in [-0.25, -0.2) is 4.39 Å². The van der Waals surface area contributed by atoms with Gasteiger partial charge < -0.3 is 10.4 Å². The van der Waals surface area contributed by atoms with Crippen LogP contribution < -0.4 is 5.32 Å². The van der Waals surface area contributed by atoms with Crippen LogP contribution in [0.3, 0.4) is 0 Å². The Bertz CT molecular complexity index is 1330. The third-order valence-corrected chi connectivity index (χ3v) is 6.65. The summed E-state index contributed by atoms with van der Waals surface area (Å²) in [6, 6.07) is 14.6. The number of carbonyl (C=O) groups excluding carboxylic acids is 1. The number of carbonyl (C=O) groups is 2. The minimum atomic E-state index is -0.814. The maximum atomic E-state index is 13.5. The predicted octanol–water partition coefficient (Wildman–Crippen LogP) is 7.07. The Kier molecular flexibility index (Phi) is 8.16. The van der Waals surface area contributed by atoms with Crippen LogP contribution in [0.5, 0.6) is 0 Å². The molecule has 4 rings (SSSR count). The van der Waals surface area contributed by atoms with Gasteiger partial charge >= 0.3 is 5.97 Å². The van der Waals surface area contributed by atoms with Gasteiger partial charge in [-0.05, 0) is 92.3 Å². The maximum absolute atomic E-state index is 13.5. The van der Waals surface area contributed by atoms with Crippen LogP contribution in [0.2, 0.25) is 5.02 Å². The number of fused-ring (bicyclic) bond motifs is 1. The molecular formula is C29H28ClFN2O3. The summed E-state index contributed by atoms with van der Waals surface area (Å²) in [5.74, 6) is -1.31. The molecule has 2 N–H and O–H groups in total. The van der Waals surface area contributed by atoms with Crippen molar-refractivity contribution in [2.45, 2.75) is 51.0 Å². The number of carboxylic acid groups (broad SMARTS) is 1. The first kappa shape index (κ1) is 25.6. The number of benzene rings is 2. The summed E-state index contributed by atoms with van der Waals surface area (Å²) in [4.78, 5) is 28.8. The van der Waals surface area contributed by atoms with Crippen molar-refractivity contribution in [2.24, 2.45) is 0 Å². The minimum absolute atomic E-state index is 0.0495. The number of hydrogen-bond donors (Lipinski definition) is 2. The maximum Gasteiger partial charge on any atom is 0.303 e. The highest BCUT2D eigenvalue weighted by Gasteiger charge is 2.19. The molecule has 1 aromatic heterocycles. The number of aliphatic carboxylic acids is 1. The van der Waals surface area contributed by atoms with Crippen LogP contribution in [0.1, 0.15) is 71.7 Å². The summed E-state index contributed by atoms with van der Waals surface area (Å²) in [6.07, 6.45) is 7.40. The molecule has 0 saturated heterocycles. The van der Waals surface area contributed by atoms with Gasteiger partial charge in [0.2, 0.25) is 0 Å². The highest BCUT2D eigenvalue weighted by molar-refractivity contribution is 6.30. The summed E-state index contributed by atoms with van der Waals surface area (Å²) in [7, 11) is 0. The van der Waals surface area contributed by atoms with Crippen molar-refractivity contribution in [3.05, 3.63) is 100.0 Å². The lowest BCUT2D eigenvalue weighted by Crippen LogP contribution is -2.26. The van der Waals surface area contributed by atoms with Crippen molar-refractivity contribution in [1.29, 1.82) is 0 Å². The molecule has 2 aromatic carbocycles. The number of aromatic nitrogens is 1. The third-order valence-electron chi connectivity index (χ3n) is 6.40. The Morgan fingerprint density at radius 3 is 2.64 bits per heavy atom. The second-order valence-electron chi connectivity index (χ2n) is 9.08. The fourth-order valence-electron chi connectivity index (χ4n) is 4.40. The largest absolute Gasteiger partial charge is 0.481 e. The van der Waals surface area contributed by atoms with E-state index in [4.69, 9.17) is 21.7 Å². The molecule has 36 heavy (non-hydrogen) atoms. The summed E-state index contributed by atoms with van der Waals surface area (Å²) >= 11 is 5.96. The van der Waals surface area contributed by atoms with Crippen LogP contribution in [-0.4, -0.2) is 22.0 Å². The number of amides is 1. The molecule has 1 aliphatic rings. The summed E-state index contributed by atoms with van der Waals surface area (Å²) in [5, 5.41) is 13.5. The number of pyridine rings is 1. The van der Waals surface area contributed by atoms with Crippen molar-refractivity contribution in [3.8, 4) is 0 Å². The highest BCUT2D eigenvalue weighted by Crippen LogP contribution is 2.31. The quantitative estimate of drug-likeness (QED) is 0.304. The lowest BCUT2D eigenvalue weighted by atomic mass is 9.90. The fourth-order valence-corrected chi connectivity index (χ4v) is 4.53. The van der Waals surface area contributed by atoms with Crippen molar-refractivity contribution in [1.82, 2.24) is 10.3 Å². The normalized spacial score (nSPS) is 16.0. The van der Waals surface area contributed by atoms with E-state index in [2.05, 4.69) is 5.32 Å². The molecule has 1 aliphatic carbocycles. The molecule has 0 spiro atoms. The number of nitrogens with zero attached hydrogens (tertiary/aromatic N) is 1. The zero-order valence-corrected chi connectivity index (χ0v) is 20.8. The van der Waals surface area contributed by atoms with E-state index < -0.39 is 5.97 Å². The number of allylic oxidation sites excluding steroid dienone is 4. The van der Waals surface area contributed by atoms with Gasteiger partial charge in [0.15, 0.2) is 0 Å². The van der Waals surface area contributed by atoms with Gasteiger partial charge in [-0.15, -0.1) is 0 Å². The Morgan fingerprint density at radius 1 is 1.17 bits per heavy atom. The Morgan fingerprint density at radius 2 is 1.94 bits per heavy atom. The van der Waals surface area contributed by atoms with Gasteiger partial charge in [-0.3, -0.25) is 14.6 Å². The van der Waals surface area contributed by atoms with Gasteiger partial charge in [-0.2, -0.15) is 0 Å². The first-order valence-electron chi connectivity index (χ1n) is 12.1. The van der Waals surface area contributed by atoms with Crippen LogP contribution >= 0.6 is 11.6 Å². The van der Waals surface area contributed by atoms with Gasteiger partial charge in [0.25, 0.3) is 5.91 Å². The zero-order chi connectivity index (χ0) is 25.7. The van der Waals surface area contributed by atoms with Crippen LogP contribution in [-0.2, 0) is 11.2 Å². The lowest BCUT2D eigenvalue weighted by molar-refractivity contribution is -0.137. The van der Waals surface area contributed by atoms with Gasteiger partial charge in [-0.1, -0.05) is 29.8 Å². The van der Waals surface area contributed by atoms with E-state index in [1.54, 1.807) is 24.3 Å². The Labute approximate surface area is 214 Å². The molecule has 0 unspecified atom stereocenters. The molecule has 5 nitrogen and oxygen atoms in total. The van der Waals surface area contributed by atoms with E-state index in [1.165, 1.54) is 6.08 Å². The van der Waals surface area contributed by atoms with E-state index in [1.807, 2.05) is 43.3 Å². The van der Waals surface area contributed by atoms with Crippen molar-refractivity contribution >= 4 is 34.4 Å². The first-order chi connectivity index (χ1) is 17.3. The molecule has 7 heteroatoms. The van der Waals surface area contributed by atoms with Crippen molar-refractivity contribution in [3.63, 3.8) is 0 Å². The van der Waals surface area contributed by atoms with E-state index >= 15 is 0 Å². The van der Waals surface area contributed by atoms with E-state index in [9.17, 15) is 14.0 Å². The molecular weight excluding hydrogens is 479 g/mol. The Hall–Kier alpha value is -3.51. The standard InChI is InChI=1S/C29H28ClFN2O3/c1-18(19-6-11-24(30)12-7-19)32-29(36)22-10-15-26-23(17-22)16-21(4-2-3-5-27(34)35)28(33-26)20-8-13-25(31)14-9-20/h6-8,10-18,20H,2-5,9H2,1H3,(H,32,36)(H,34,35)/t18-,20+/m1/s1. The van der Waals surface area contributed by atoms with Crippen LogP contribution in [0.15, 0.2) is 72.6 Å². The lowest BCUT2D eigenvalue weighted by Gasteiger charge is -2.19. The molecule has 0 aliphatic heterocycles. The molecule has 0 bridgehead atoms. The summed E-state index contributed by atoms with van der Waals surface area (Å²) < 4.78 is 13.5. The van der Waals surface area contributed by atoms with Gasteiger partial charge in [0.05, 0.1) is 17.3 Å². The smallest absolute Gasteiger partial charge is 0.303 e. The number of nitrogens with one attached hydrogen (secondary N) is 1. The molecule has 1 amide bonds. The number of carboxylic acids is 1. The van der Waals surface area contributed by atoms with E-state index in [-0.39, 0.29) is 30.1 Å². The van der Waals surface area contributed by atoms with Crippen molar-refractivity contribution in [2.75, 3.05) is 0 Å². The number of hydrogen-bond acceptors (Lipinski definition) is 3. The van der Waals surface area contributed by atoms with Crippen LogP contribution in [0.25, 0.3) is 10.9 Å². The molecule has 2 atom stereocenters. The average Bonchev–Trinajstić information content (AvgIpc) is 2.86. The number of aryl methyl sites for hydroxylation is 1. The summed E-state index contributed by atoms with van der Waals surface area (Å²) in [5.41, 5.74) is 4.09. The number of rotatable bonds is 9. The molecule has 0 fully saturated rings. The number of halogens is 2. The second kappa shape index (κ2) is 11.5. The first-order valence-corrected chi connectivity index (χ1v) is 12.4. The van der Waals surface area contributed by atoms with Crippen LogP contribution in [0, 0.1) is 0 Å². The monoisotopic (exact) mass is 506 g/mol. The molecule has 0 radical (unpaired) electrons. The van der Waals surface area contributed by atoms with Crippen LogP contribution in [0.4, 0.5) is 4.39 Å². The minimum Gasteiger partial charge on any atom is -0.481 e. The van der Waals surface area contributed by atoms with E-state index in [0.717, 1.165) is 27.7 Å². The highest BCUT2D eigenvalue weighted by atomic mass is 35.5. The molecule has 186 valence electrons. The molecule has 0 saturated carbocycles. The SMILES string of the molecule is C[C@@H](NC(=O)c1ccc2nc([C@H]3C=CC(F)=CC3)c(CCCCC(=O)O)cc2c1)c1ccc(Cl)cc1. The van der Waals surface area contributed by atoms with Crippen molar-refractivity contribution < 1.29 is 19.1 Å². The van der Waals surface area contributed by atoms with E-state index in [0.29, 0.717) is 36.3 Å². The predicted molar refractivity (Wildman–Crippen MR) is 140 cm³/mol. The Balaban J connectivity index is 1.59. The topological polar surface area (TPSA) is 79.3 Å². The second-order valence-corrected chi connectivity index (χ2v) is 9.51. The zero-order valence-electron chi connectivity index (χ0n) is 20.0. The number of unbranched alkanes of at least 4 members (excludes halogenated alkanes) is 1. The average molecular weight is 507 g/mol. The van der Waals surface area contributed by atoms with Gasteiger partial charge in [0.1, 0.15) is 5.83 Å². The van der Waals surface area contributed by atoms with Gasteiger partial charge in [0, 0.05) is 28.3 Å². The summed E-state index contributed by atoms with van der Waals surface area (Å²) in [6.45, 7) is 1.92. The molecule has 3 aromatic rings. The molecule has 1 heterocycles. The third kappa shape index (κ3) is 6.38. The fraction of sp³-hybridized carbons (Fsp3) is 0.276.